The third-order valence-corrected chi connectivity index (χ3v) is 5.53. The van der Waals surface area contributed by atoms with Gasteiger partial charge in [-0.1, -0.05) is 44.2 Å². The first-order chi connectivity index (χ1) is 9.67. The lowest BCUT2D eigenvalue weighted by atomic mass is 9.76. The van der Waals surface area contributed by atoms with Crippen molar-refractivity contribution in [1.29, 1.82) is 0 Å². The highest BCUT2D eigenvalue weighted by Gasteiger charge is 2.34. The Kier molecular flexibility index (Phi) is 4.95. The van der Waals surface area contributed by atoms with Gasteiger partial charge in [0, 0.05) is 16.8 Å². The second-order valence-corrected chi connectivity index (χ2v) is 6.30. The minimum Gasteiger partial charge on any atom is -0.315 e. The molecule has 0 aliphatic rings. The molecule has 0 bridgehead atoms. The van der Waals surface area contributed by atoms with Crippen LogP contribution in [0.2, 0.25) is 0 Å². The van der Waals surface area contributed by atoms with Gasteiger partial charge in [0.05, 0.1) is 5.69 Å². The minimum absolute atomic E-state index is 0.0582. The molecule has 0 unspecified atom stereocenters. The molecule has 1 N–H and O–H groups in total. The molecule has 1 heterocycles. The van der Waals surface area contributed by atoms with Crippen LogP contribution in [0.25, 0.3) is 0 Å². The zero-order valence-electron chi connectivity index (χ0n) is 12.9. The molecule has 108 valence electrons. The fourth-order valence-electron chi connectivity index (χ4n) is 2.80. The Bertz CT molecular complexity index is 541. The molecule has 1 aromatic carbocycles. The fraction of sp³-hybridized carbons (Fsp3) is 0.471. The van der Waals surface area contributed by atoms with Gasteiger partial charge in [0.15, 0.2) is 0 Å². The highest BCUT2D eigenvalue weighted by atomic mass is 32.1. The van der Waals surface area contributed by atoms with E-state index in [-0.39, 0.29) is 5.41 Å². The maximum atomic E-state index is 4.90. The van der Waals surface area contributed by atoms with Crippen molar-refractivity contribution in [3.8, 4) is 0 Å². The van der Waals surface area contributed by atoms with E-state index < -0.39 is 0 Å². The number of thiazole rings is 1. The van der Waals surface area contributed by atoms with Crippen molar-refractivity contribution in [3.05, 3.63) is 51.5 Å². The number of hydrogen-bond donors (Lipinski definition) is 1. The van der Waals surface area contributed by atoms with Crippen LogP contribution in [0.15, 0.2) is 30.3 Å². The quantitative estimate of drug-likeness (QED) is 0.858. The molecule has 0 amide bonds. The van der Waals surface area contributed by atoms with Crippen LogP contribution in [0, 0.1) is 6.92 Å². The summed E-state index contributed by atoms with van der Waals surface area (Å²) in [7, 11) is 1.99. The van der Waals surface area contributed by atoms with Crippen molar-refractivity contribution in [2.45, 2.75) is 45.6 Å². The number of rotatable bonds is 6. The van der Waals surface area contributed by atoms with Crippen molar-refractivity contribution in [2.75, 3.05) is 7.05 Å². The van der Waals surface area contributed by atoms with Gasteiger partial charge in [-0.15, -0.1) is 11.3 Å². The number of aryl methyl sites for hydroxylation is 1. The molecule has 0 fully saturated rings. The molecule has 2 aromatic rings. The third kappa shape index (κ3) is 2.65. The molecular formula is C17H24N2S. The summed E-state index contributed by atoms with van der Waals surface area (Å²) in [4.78, 5) is 6.25. The summed E-state index contributed by atoms with van der Waals surface area (Å²) in [5.74, 6) is 0. The van der Waals surface area contributed by atoms with E-state index in [1.54, 1.807) is 0 Å². The number of nitrogens with one attached hydrogen (secondary N) is 1. The van der Waals surface area contributed by atoms with Crippen molar-refractivity contribution in [2.24, 2.45) is 0 Å². The Morgan fingerprint density at radius 1 is 1.15 bits per heavy atom. The first-order valence-electron chi connectivity index (χ1n) is 7.34. The Morgan fingerprint density at radius 3 is 2.35 bits per heavy atom. The molecule has 0 saturated carbocycles. The first kappa shape index (κ1) is 15.2. The zero-order chi connectivity index (χ0) is 14.6. The molecule has 1 aromatic heterocycles. The Balaban J connectivity index is 2.51. The lowest BCUT2D eigenvalue weighted by molar-refractivity contribution is 0.475. The van der Waals surface area contributed by atoms with Gasteiger partial charge in [-0.2, -0.15) is 0 Å². The first-order valence-corrected chi connectivity index (χ1v) is 8.16. The molecule has 3 heteroatoms. The van der Waals surface area contributed by atoms with Crippen molar-refractivity contribution in [3.63, 3.8) is 0 Å². The van der Waals surface area contributed by atoms with Crippen LogP contribution in [0.1, 0.15) is 47.8 Å². The van der Waals surface area contributed by atoms with Crippen molar-refractivity contribution < 1.29 is 0 Å². The number of aromatic nitrogens is 1. The van der Waals surface area contributed by atoms with E-state index in [0.29, 0.717) is 0 Å². The maximum Gasteiger partial charge on any atom is 0.104 e. The number of nitrogens with zero attached hydrogens (tertiary/aromatic N) is 1. The second kappa shape index (κ2) is 6.51. The lowest BCUT2D eigenvalue weighted by Gasteiger charge is -2.30. The lowest BCUT2D eigenvalue weighted by Crippen LogP contribution is -2.25. The Labute approximate surface area is 126 Å². The Hall–Kier alpha value is -1.19. The van der Waals surface area contributed by atoms with E-state index in [1.165, 1.54) is 21.1 Å². The molecule has 0 aliphatic carbocycles. The topological polar surface area (TPSA) is 24.9 Å². The molecule has 0 aliphatic heterocycles. The average Bonchev–Trinajstić information content (AvgIpc) is 2.84. The summed E-state index contributed by atoms with van der Waals surface area (Å²) in [6.45, 7) is 7.56. The van der Waals surface area contributed by atoms with Gasteiger partial charge in [-0.25, -0.2) is 4.98 Å². The van der Waals surface area contributed by atoms with Gasteiger partial charge in [0.25, 0.3) is 0 Å². The zero-order valence-corrected chi connectivity index (χ0v) is 13.7. The number of hydrogen-bond acceptors (Lipinski definition) is 3. The third-order valence-electron chi connectivity index (χ3n) is 4.17. The van der Waals surface area contributed by atoms with Gasteiger partial charge in [-0.05, 0) is 32.4 Å². The SMILES string of the molecule is CCC(CC)(c1ccccc1)c1nc(C)c(CNC)s1. The van der Waals surface area contributed by atoms with Gasteiger partial charge >= 0.3 is 0 Å². The molecule has 0 spiro atoms. The molecule has 2 rings (SSSR count). The molecule has 2 nitrogen and oxygen atoms in total. The standard InChI is InChI=1S/C17H24N2S/c1-5-17(6-2,14-10-8-7-9-11-14)16-19-13(3)15(20-16)12-18-4/h7-11,18H,5-6,12H2,1-4H3. The monoisotopic (exact) mass is 288 g/mol. The summed E-state index contributed by atoms with van der Waals surface area (Å²) in [5.41, 5.74) is 2.61. The minimum atomic E-state index is 0.0582. The smallest absolute Gasteiger partial charge is 0.104 e. The van der Waals surface area contributed by atoms with E-state index in [0.717, 1.165) is 19.4 Å². The van der Waals surface area contributed by atoms with Crippen LogP contribution in [0.5, 0.6) is 0 Å². The van der Waals surface area contributed by atoms with E-state index >= 15 is 0 Å². The summed E-state index contributed by atoms with van der Waals surface area (Å²) in [6, 6.07) is 10.8. The normalized spacial score (nSPS) is 11.8. The van der Waals surface area contributed by atoms with Gasteiger partial charge in [0.1, 0.15) is 5.01 Å². The highest BCUT2D eigenvalue weighted by molar-refractivity contribution is 7.12. The van der Waals surface area contributed by atoms with Crippen LogP contribution < -0.4 is 5.32 Å². The van der Waals surface area contributed by atoms with Gasteiger partial charge in [-0.3, -0.25) is 0 Å². The van der Waals surface area contributed by atoms with E-state index in [9.17, 15) is 0 Å². The van der Waals surface area contributed by atoms with Gasteiger partial charge < -0.3 is 5.32 Å². The second-order valence-electron chi connectivity index (χ2n) is 5.21. The summed E-state index contributed by atoms with van der Waals surface area (Å²) in [5, 5.41) is 4.50. The maximum absolute atomic E-state index is 4.90. The molecule has 0 saturated heterocycles. The molecule has 20 heavy (non-hydrogen) atoms. The summed E-state index contributed by atoms with van der Waals surface area (Å²) < 4.78 is 0. The van der Waals surface area contributed by atoms with Crippen molar-refractivity contribution >= 4 is 11.3 Å². The summed E-state index contributed by atoms with van der Waals surface area (Å²) >= 11 is 1.86. The largest absolute Gasteiger partial charge is 0.315 e. The molecular weight excluding hydrogens is 264 g/mol. The molecule has 0 atom stereocenters. The number of benzene rings is 1. The van der Waals surface area contributed by atoms with Gasteiger partial charge in [0.2, 0.25) is 0 Å². The Morgan fingerprint density at radius 2 is 1.80 bits per heavy atom. The van der Waals surface area contributed by atoms with E-state index in [2.05, 4.69) is 56.4 Å². The fourth-order valence-corrected chi connectivity index (χ4v) is 4.23. The average molecular weight is 288 g/mol. The van der Waals surface area contributed by atoms with E-state index in [1.807, 2.05) is 18.4 Å². The highest BCUT2D eigenvalue weighted by Crippen LogP contribution is 2.41. The summed E-state index contributed by atoms with van der Waals surface area (Å²) in [6.07, 6.45) is 2.17. The predicted octanol–water partition coefficient (Wildman–Crippen LogP) is 4.28. The van der Waals surface area contributed by atoms with Crippen LogP contribution >= 0.6 is 11.3 Å². The van der Waals surface area contributed by atoms with Crippen LogP contribution in [0.4, 0.5) is 0 Å². The predicted molar refractivity (Wildman–Crippen MR) is 87.4 cm³/mol. The van der Waals surface area contributed by atoms with Crippen LogP contribution in [-0.4, -0.2) is 12.0 Å². The van der Waals surface area contributed by atoms with E-state index in [4.69, 9.17) is 4.98 Å². The van der Waals surface area contributed by atoms with Crippen LogP contribution in [0.3, 0.4) is 0 Å². The van der Waals surface area contributed by atoms with Crippen LogP contribution in [-0.2, 0) is 12.0 Å². The van der Waals surface area contributed by atoms with Crippen molar-refractivity contribution in [1.82, 2.24) is 10.3 Å². The molecule has 0 radical (unpaired) electrons.